The molecule has 0 bridgehead atoms. The zero-order chi connectivity index (χ0) is 12.0. The van der Waals surface area contributed by atoms with Gasteiger partial charge in [0.25, 0.3) is 0 Å². The Balaban J connectivity index is 2.94. The maximum Gasteiger partial charge on any atom is 0.112 e. The molecular weight excluding hydrogens is 194 g/mol. The molecule has 0 aliphatic carbocycles. The standard InChI is InChI=1S/C15H22N/c1-5-12-16(4,13-6-2)14(3)15-10-8-7-9-11-15/h5-11,14H,1-2,12-13H2,3-4H3/q+1. The fourth-order valence-electron chi connectivity index (χ4n) is 2.07. The van der Waals surface area contributed by atoms with Crippen molar-refractivity contribution in [1.29, 1.82) is 0 Å². The van der Waals surface area contributed by atoms with Gasteiger partial charge in [0, 0.05) is 5.56 Å². The van der Waals surface area contributed by atoms with E-state index in [-0.39, 0.29) is 0 Å². The van der Waals surface area contributed by atoms with Crippen molar-refractivity contribution in [3.8, 4) is 0 Å². The van der Waals surface area contributed by atoms with Crippen molar-refractivity contribution in [3.63, 3.8) is 0 Å². The zero-order valence-electron chi connectivity index (χ0n) is 10.4. The Morgan fingerprint density at radius 3 is 2.06 bits per heavy atom. The molecule has 0 saturated carbocycles. The third-order valence-electron chi connectivity index (χ3n) is 3.31. The van der Waals surface area contributed by atoms with Gasteiger partial charge in [-0.25, -0.2) is 0 Å². The summed E-state index contributed by atoms with van der Waals surface area (Å²) in [5, 5.41) is 0. The molecule has 1 aromatic carbocycles. The van der Waals surface area contributed by atoms with E-state index in [0.717, 1.165) is 17.6 Å². The molecule has 1 aromatic rings. The number of hydrogen-bond donors (Lipinski definition) is 0. The van der Waals surface area contributed by atoms with E-state index < -0.39 is 0 Å². The van der Waals surface area contributed by atoms with Crippen molar-refractivity contribution < 1.29 is 4.48 Å². The molecule has 1 heteroatoms. The fraction of sp³-hybridized carbons (Fsp3) is 0.333. The molecule has 0 aliphatic heterocycles. The molecule has 1 atom stereocenters. The van der Waals surface area contributed by atoms with Crippen LogP contribution in [0.1, 0.15) is 18.5 Å². The summed E-state index contributed by atoms with van der Waals surface area (Å²) in [5.74, 6) is 0. The molecule has 0 saturated heterocycles. The predicted molar refractivity (Wildman–Crippen MR) is 71.2 cm³/mol. The van der Waals surface area contributed by atoms with Crippen LogP contribution in [0.15, 0.2) is 55.6 Å². The van der Waals surface area contributed by atoms with Crippen LogP contribution >= 0.6 is 0 Å². The lowest BCUT2D eigenvalue weighted by Gasteiger charge is -2.38. The monoisotopic (exact) mass is 216 g/mol. The summed E-state index contributed by atoms with van der Waals surface area (Å²) in [6, 6.07) is 11.1. The smallest absolute Gasteiger partial charge is 0.112 e. The van der Waals surface area contributed by atoms with E-state index in [2.05, 4.69) is 57.5 Å². The molecule has 16 heavy (non-hydrogen) atoms. The van der Waals surface area contributed by atoms with Gasteiger partial charge in [-0.2, -0.15) is 0 Å². The molecule has 1 rings (SSSR count). The van der Waals surface area contributed by atoms with Crippen molar-refractivity contribution in [2.45, 2.75) is 13.0 Å². The number of hydrogen-bond acceptors (Lipinski definition) is 0. The summed E-state index contributed by atoms with van der Waals surface area (Å²) >= 11 is 0. The first kappa shape index (κ1) is 12.7. The molecule has 0 aliphatic rings. The molecule has 0 N–H and O–H groups in total. The molecule has 0 heterocycles. The highest BCUT2D eigenvalue weighted by Gasteiger charge is 2.27. The second kappa shape index (κ2) is 5.66. The van der Waals surface area contributed by atoms with Crippen LogP contribution in [-0.4, -0.2) is 24.6 Å². The van der Waals surface area contributed by atoms with Gasteiger partial charge in [0.1, 0.15) is 6.04 Å². The van der Waals surface area contributed by atoms with Gasteiger partial charge in [0.2, 0.25) is 0 Å². The largest absolute Gasteiger partial charge is 0.314 e. The second-order valence-corrected chi connectivity index (χ2v) is 4.51. The topological polar surface area (TPSA) is 0 Å². The Morgan fingerprint density at radius 1 is 1.12 bits per heavy atom. The van der Waals surface area contributed by atoms with Crippen LogP contribution in [0.4, 0.5) is 0 Å². The summed E-state index contributed by atoms with van der Waals surface area (Å²) in [6.07, 6.45) is 3.98. The van der Waals surface area contributed by atoms with E-state index in [4.69, 9.17) is 0 Å². The molecule has 0 fully saturated rings. The van der Waals surface area contributed by atoms with Crippen molar-refractivity contribution >= 4 is 0 Å². The van der Waals surface area contributed by atoms with Crippen molar-refractivity contribution in [1.82, 2.24) is 0 Å². The molecule has 1 unspecified atom stereocenters. The number of quaternary nitrogens is 1. The van der Waals surface area contributed by atoms with Gasteiger partial charge in [0.05, 0.1) is 20.1 Å². The fourth-order valence-corrected chi connectivity index (χ4v) is 2.07. The van der Waals surface area contributed by atoms with Gasteiger partial charge in [-0.3, -0.25) is 0 Å². The van der Waals surface area contributed by atoms with E-state index in [0.29, 0.717) is 6.04 Å². The Kier molecular flexibility index (Phi) is 4.51. The molecular formula is C15H22N+. The zero-order valence-corrected chi connectivity index (χ0v) is 10.4. The SMILES string of the molecule is C=CC[N+](C)(CC=C)C(C)c1ccccc1. The minimum Gasteiger partial charge on any atom is -0.314 e. The van der Waals surface area contributed by atoms with Crippen molar-refractivity contribution in [3.05, 3.63) is 61.2 Å². The van der Waals surface area contributed by atoms with Crippen LogP contribution in [0.2, 0.25) is 0 Å². The first-order valence-corrected chi connectivity index (χ1v) is 5.75. The third-order valence-corrected chi connectivity index (χ3v) is 3.31. The number of rotatable bonds is 6. The van der Waals surface area contributed by atoms with Crippen LogP contribution in [0.25, 0.3) is 0 Å². The van der Waals surface area contributed by atoms with E-state index in [9.17, 15) is 0 Å². The highest BCUT2D eigenvalue weighted by molar-refractivity contribution is 5.17. The van der Waals surface area contributed by atoms with Gasteiger partial charge in [-0.15, -0.1) is 0 Å². The minimum atomic E-state index is 0.456. The summed E-state index contributed by atoms with van der Waals surface area (Å²) in [7, 11) is 2.25. The molecule has 1 nitrogen and oxygen atoms in total. The molecule has 0 radical (unpaired) electrons. The van der Waals surface area contributed by atoms with E-state index in [1.54, 1.807) is 0 Å². The number of nitrogens with zero attached hydrogens (tertiary/aromatic N) is 1. The highest BCUT2D eigenvalue weighted by Crippen LogP contribution is 2.26. The molecule has 0 amide bonds. The van der Waals surface area contributed by atoms with Crippen LogP contribution in [0, 0.1) is 0 Å². The first-order chi connectivity index (χ1) is 7.64. The quantitative estimate of drug-likeness (QED) is 0.504. The Morgan fingerprint density at radius 2 is 1.62 bits per heavy atom. The Labute approximate surface area is 99.3 Å². The second-order valence-electron chi connectivity index (χ2n) is 4.51. The van der Waals surface area contributed by atoms with E-state index in [1.807, 2.05) is 12.2 Å². The average molecular weight is 216 g/mol. The highest BCUT2D eigenvalue weighted by atomic mass is 15.3. The van der Waals surface area contributed by atoms with Gasteiger partial charge in [-0.1, -0.05) is 43.5 Å². The normalized spacial score (nSPS) is 13.1. The lowest BCUT2D eigenvalue weighted by atomic mass is 10.0. The third kappa shape index (κ3) is 2.83. The predicted octanol–water partition coefficient (Wildman–Crippen LogP) is 3.57. The summed E-state index contributed by atoms with van der Waals surface area (Å²) < 4.78 is 0.928. The average Bonchev–Trinajstić information content (AvgIpc) is 2.30. The Bertz CT molecular complexity index is 330. The van der Waals surface area contributed by atoms with Gasteiger partial charge < -0.3 is 4.48 Å². The summed E-state index contributed by atoms with van der Waals surface area (Å²) in [6.45, 7) is 11.9. The summed E-state index contributed by atoms with van der Waals surface area (Å²) in [4.78, 5) is 0. The molecule has 0 spiro atoms. The van der Waals surface area contributed by atoms with Gasteiger partial charge in [0.15, 0.2) is 0 Å². The number of benzene rings is 1. The first-order valence-electron chi connectivity index (χ1n) is 5.75. The summed E-state index contributed by atoms with van der Waals surface area (Å²) in [5.41, 5.74) is 1.37. The number of likely N-dealkylation sites (N-methyl/N-ethyl adjacent to an activating group) is 1. The van der Waals surface area contributed by atoms with Gasteiger partial charge >= 0.3 is 0 Å². The van der Waals surface area contributed by atoms with Crippen molar-refractivity contribution in [2.24, 2.45) is 0 Å². The maximum absolute atomic E-state index is 3.85. The lowest BCUT2D eigenvalue weighted by Crippen LogP contribution is -2.46. The maximum atomic E-state index is 3.85. The van der Waals surface area contributed by atoms with Crippen LogP contribution in [0.5, 0.6) is 0 Å². The molecule has 86 valence electrons. The minimum absolute atomic E-state index is 0.456. The Hall–Kier alpha value is -1.34. The lowest BCUT2D eigenvalue weighted by molar-refractivity contribution is -0.926. The van der Waals surface area contributed by atoms with Crippen LogP contribution in [0.3, 0.4) is 0 Å². The van der Waals surface area contributed by atoms with Crippen LogP contribution < -0.4 is 0 Å². The van der Waals surface area contributed by atoms with E-state index in [1.165, 1.54) is 5.56 Å². The molecule has 0 aromatic heterocycles. The van der Waals surface area contributed by atoms with Gasteiger partial charge in [-0.05, 0) is 19.1 Å². The van der Waals surface area contributed by atoms with E-state index >= 15 is 0 Å². The van der Waals surface area contributed by atoms with Crippen LogP contribution in [-0.2, 0) is 0 Å². The van der Waals surface area contributed by atoms with Crippen molar-refractivity contribution in [2.75, 3.05) is 20.1 Å².